The minimum atomic E-state index is -0.120. The number of benzene rings is 2. The molecule has 2 aromatic carbocycles. The number of carbonyl (C=O) groups excluding carboxylic acids is 1. The standard InChI is InChI=1S/C22H21ClN4O/c1-13-10-14(2)20(17(23)11-13)26-22-24-15(3)12-18(25-22)21(28)27-9-8-16-6-4-5-7-19(16)27/h4-7,10-12H,8-9H2,1-3H3,(H,24,25,26). The number of halogens is 1. The van der Waals surface area contributed by atoms with Crippen molar-refractivity contribution in [2.24, 2.45) is 0 Å². The van der Waals surface area contributed by atoms with Gasteiger partial charge in [-0.25, -0.2) is 9.97 Å². The van der Waals surface area contributed by atoms with Gasteiger partial charge in [-0.2, -0.15) is 0 Å². The molecule has 1 aliphatic rings. The Kier molecular flexibility index (Phi) is 4.77. The van der Waals surface area contributed by atoms with Crippen LogP contribution < -0.4 is 10.2 Å². The van der Waals surface area contributed by atoms with Crippen LogP contribution in [-0.2, 0) is 6.42 Å². The number of nitrogens with one attached hydrogen (secondary N) is 1. The summed E-state index contributed by atoms with van der Waals surface area (Å²) in [7, 11) is 0. The summed E-state index contributed by atoms with van der Waals surface area (Å²) in [5, 5.41) is 3.79. The molecule has 142 valence electrons. The van der Waals surface area contributed by atoms with Crippen LogP contribution in [0.15, 0.2) is 42.5 Å². The number of anilines is 3. The largest absolute Gasteiger partial charge is 0.323 e. The fraction of sp³-hybridized carbons (Fsp3) is 0.227. The Labute approximate surface area is 169 Å². The lowest BCUT2D eigenvalue weighted by Crippen LogP contribution is -2.30. The molecule has 0 saturated carbocycles. The highest BCUT2D eigenvalue weighted by Crippen LogP contribution is 2.31. The van der Waals surface area contributed by atoms with Crippen molar-refractivity contribution >= 4 is 34.8 Å². The van der Waals surface area contributed by atoms with Crippen molar-refractivity contribution < 1.29 is 4.79 Å². The number of hydrogen-bond donors (Lipinski definition) is 1. The van der Waals surface area contributed by atoms with Crippen LogP contribution in [-0.4, -0.2) is 22.4 Å². The minimum absolute atomic E-state index is 0.120. The van der Waals surface area contributed by atoms with Crippen molar-refractivity contribution in [2.45, 2.75) is 27.2 Å². The van der Waals surface area contributed by atoms with Crippen molar-refractivity contribution in [3.8, 4) is 0 Å². The molecule has 1 N–H and O–H groups in total. The van der Waals surface area contributed by atoms with E-state index in [1.807, 2.05) is 51.1 Å². The second-order valence-electron chi connectivity index (χ2n) is 7.12. The second-order valence-corrected chi connectivity index (χ2v) is 7.52. The van der Waals surface area contributed by atoms with Crippen molar-refractivity contribution in [2.75, 3.05) is 16.8 Å². The van der Waals surface area contributed by atoms with Crippen LogP contribution in [0, 0.1) is 20.8 Å². The van der Waals surface area contributed by atoms with Gasteiger partial charge >= 0.3 is 0 Å². The quantitative estimate of drug-likeness (QED) is 0.681. The Bertz CT molecular complexity index is 1060. The molecular weight excluding hydrogens is 372 g/mol. The monoisotopic (exact) mass is 392 g/mol. The first-order valence-corrected chi connectivity index (χ1v) is 9.59. The van der Waals surface area contributed by atoms with E-state index in [4.69, 9.17) is 11.6 Å². The summed E-state index contributed by atoms with van der Waals surface area (Å²) in [5.41, 5.74) is 6.06. The van der Waals surface area contributed by atoms with E-state index >= 15 is 0 Å². The Morgan fingerprint density at radius 1 is 1.11 bits per heavy atom. The summed E-state index contributed by atoms with van der Waals surface area (Å²) < 4.78 is 0. The predicted molar refractivity (Wildman–Crippen MR) is 113 cm³/mol. The molecule has 3 aromatic rings. The predicted octanol–water partition coefficient (Wildman–Crippen LogP) is 5.00. The lowest BCUT2D eigenvalue weighted by molar-refractivity contribution is 0.0984. The normalized spacial score (nSPS) is 12.8. The van der Waals surface area contributed by atoms with Gasteiger partial charge in [-0.3, -0.25) is 4.79 Å². The van der Waals surface area contributed by atoms with Crippen LogP contribution in [0.1, 0.15) is 32.9 Å². The summed E-state index contributed by atoms with van der Waals surface area (Å²) >= 11 is 6.39. The Morgan fingerprint density at radius 3 is 2.68 bits per heavy atom. The molecule has 6 heteroatoms. The highest BCUT2D eigenvalue weighted by molar-refractivity contribution is 6.33. The molecule has 1 aliphatic heterocycles. The molecule has 0 unspecified atom stereocenters. The molecule has 1 amide bonds. The number of para-hydroxylation sites is 1. The molecule has 0 atom stereocenters. The number of aromatic nitrogens is 2. The number of hydrogen-bond acceptors (Lipinski definition) is 4. The van der Waals surface area contributed by atoms with Crippen LogP contribution in [0.3, 0.4) is 0 Å². The lowest BCUT2D eigenvalue weighted by Gasteiger charge is -2.18. The summed E-state index contributed by atoms with van der Waals surface area (Å²) in [4.78, 5) is 23.8. The van der Waals surface area contributed by atoms with Gasteiger partial charge in [0.15, 0.2) is 0 Å². The van der Waals surface area contributed by atoms with Gasteiger partial charge in [0.2, 0.25) is 5.95 Å². The van der Waals surface area contributed by atoms with E-state index in [0.29, 0.717) is 28.9 Å². The number of fused-ring (bicyclic) bond motifs is 1. The van der Waals surface area contributed by atoms with Gasteiger partial charge in [-0.1, -0.05) is 35.9 Å². The average molecular weight is 393 g/mol. The van der Waals surface area contributed by atoms with Crippen molar-refractivity contribution in [1.29, 1.82) is 0 Å². The zero-order chi connectivity index (χ0) is 19.8. The highest BCUT2D eigenvalue weighted by atomic mass is 35.5. The van der Waals surface area contributed by atoms with Crippen LogP contribution in [0.5, 0.6) is 0 Å². The Balaban J connectivity index is 1.66. The molecular formula is C22H21ClN4O. The molecule has 0 radical (unpaired) electrons. The first kappa shape index (κ1) is 18.4. The Hall–Kier alpha value is -2.92. The van der Waals surface area contributed by atoms with Gasteiger partial charge in [-0.15, -0.1) is 0 Å². The number of nitrogens with zero attached hydrogens (tertiary/aromatic N) is 3. The van der Waals surface area contributed by atoms with Crippen LogP contribution in [0.4, 0.5) is 17.3 Å². The Morgan fingerprint density at radius 2 is 1.89 bits per heavy atom. The molecule has 0 saturated heterocycles. The van der Waals surface area contributed by atoms with Gasteiger partial charge < -0.3 is 10.2 Å². The minimum Gasteiger partial charge on any atom is -0.323 e. The van der Waals surface area contributed by atoms with E-state index < -0.39 is 0 Å². The highest BCUT2D eigenvalue weighted by Gasteiger charge is 2.26. The van der Waals surface area contributed by atoms with E-state index in [2.05, 4.69) is 21.4 Å². The van der Waals surface area contributed by atoms with Crippen LogP contribution in [0.2, 0.25) is 5.02 Å². The smallest absolute Gasteiger partial charge is 0.277 e. The van der Waals surface area contributed by atoms with Crippen LogP contribution in [0.25, 0.3) is 0 Å². The first-order chi connectivity index (χ1) is 13.4. The van der Waals surface area contributed by atoms with E-state index in [0.717, 1.165) is 28.9 Å². The number of aryl methyl sites for hydroxylation is 3. The summed E-state index contributed by atoms with van der Waals surface area (Å²) in [5.74, 6) is 0.245. The fourth-order valence-electron chi connectivity index (χ4n) is 3.61. The SMILES string of the molecule is Cc1cc(C)c(Nc2nc(C)cc(C(=O)N3CCc4ccccc43)n2)c(Cl)c1. The van der Waals surface area contributed by atoms with Gasteiger partial charge in [0, 0.05) is 17.9 Å². The van der Waals surface area contributed by atoms with Crippen molar-refractivity contribution in [1.82, 2.24) is 9.97 Å². The third-order valence-corrected chi connectivity index (χ3v) is 5.17. The third-order valence-electron chi connectivity index (χ3n) is 4.87. The second kappa shape index (κ2) is 7.24. The van der Waals surface area contributed by atoms with E-state index in [9.17, 15) is 4.79 Å². The molecule has 5 nitrogen and oxygen atoms in total. The molecule has 1 aromatic heterocycles. The van der Waals surface area contributed by atoms with Crippen molar-refractivity contribution in [3.63, 3.8) is 0 Å². The average Bonchev–Trinajstić information content (AvgIpc) is 3.07. The van der Waals surface area contributed by atoms with E-state index in [1.165, 1.54) is 5.56 Å². The molecule has 28 heavy (non-hydrogen) atoms. The van der Waals surface area contributed by atoms with E-state index in [1.54, 1.807) is 11.0 Å². The van der Waals surface area contributed by atoms with Gasteiger partial charge in [0.25, 0.3) is 5.91 Å². The van der Waals surface area contributed by atoms with Crippen LogP contribution >= 0.6 is 11.6 Å². The van der Waals surface area contributed by atoms with Crippen molar-refractivity contribution in [3.05, 3.63) is 75.6 Å². The fourth-order valence-corrected chi connectivity index (χ4v) is 3.98. The third kappa shape index (κ3) is 3.45. The molecule has 0 bridgehead atoms. The number of amides is 1. The summed E-state index contributed by atoms with van der Waals surface area (Å²) in [6.45, 7) is 6.48. The molecule has 0 aliphatic carbocycles. The molecule has 0 spiro atoms. The van der Waals surface area contributed by atoms with E-state index in [-0.39, 0.29) is 5.91 Å². The first-order valence-electron chi connectivity index (χ1n) is 9.21. The number of carbonyl (C=O) groups is 1. The maximum absolute atomic E-state index is 13.1. The molecule has 4 rings (SSSR count). The maximum atomic E-state index is 13.1. The van der Waals surface area contributed by atoms with Gasteiger partial charge in [0.05, 0.1) is 10.7 Å². The summed E-state index contributed by atoms with van der Waals surface area (Å²) in [6.07, 6.45) is 0.856. The maximum Gasteiger partial charge on any atom is 0.277 e. The zero-order valence-corrected chi connectivity index (χ0v) is 16.8. The molecule has 0 fully saturated rings. The topological polar surface area (TPSA) is 58.1 Å². The van der Waals surface area contributed by atoms with Gasteiger partial charge in [-0.05, 0) is 62.1 Å². The molecule has 2 heterocycles. The summed E-state index contributed by atoms with van der Waals surface area (Å²) in [6, 6.07) is 13.6. The number of rotatable bonds is 3. The van der Waals surface area contributed by atoms with Gasteiger partial charge in [0.1, 0.15) is 5.69 Å². The lowest BCUT2D eigenvalue weighted by atomic mass is 10.1. The zero-order valence-electron chi connectivity index (χ0n) is 16.1.